The van der Waals surface area contributed by atoms with Gasteiger partial charge >= 0.3 is 0 Å². The lowest BCUT2D eigenvalue weighted by Gasteiger charge is -2.56. The maximum Gasteiger partial charge on any atom is 0.255 e. The number of aromatic nitrogens is 8. The van der Waals surface area contributed by atoms with Crippen LogP contribution < -0.4 is 42.5 Å². The standard InChI is InChI=1S/C35H38N4O2.C31H29FN4O2.C28H27FN4O2.C27H25FN4O2/c1-21-2-13-28(14-3-21)37-35(41)27-12-17-31-32(20-27)39-33(38-31)24-6-8-25(9-7-24)34(40)36-29-15-10-23(11-16-29)30-19-22-4-5-26(30)18-22;32-24-6-8-25(9-7-24)33-29(37)23-5-10-26-27(14-23)35-28(34-26)21-1-3-22(4-2-21)30(38)36-31-15-18-11-19(16-31)13-20(12-18)17-31;29-21-12-14-23(15-13-21)31-28(35)20-11-16-24-25(17-20)33-26(32-24)18-7-9-19(10-8-18)27(34)30-22-5-3-1-2-4-6-22;28-20-11-13-22(14-12-20)30-27(34)19-10-15-23-24(16-19)32-25(31-23)17-6-8-18(9-7-17)26(33)29-21-4-2-1-3-5-21/h6-12,15-17,20-22,26,28,30H,2-5,13-14,18-19H2,1H3,(H,36,40)(H,37,41)(H,38,39);1-10,14,18-20H,11-13,15-17H2,(H,33,37)(H,34,35)(H,36,38);7-17,22H,1-6H2,(H,30,34)(H,31,35)(H,32,33);6-16,21H,1-5H2,(H,29,33)(H,30,34)(H,31,32). The molecule has 9 aliphatic carbocycles. The minimum Gasteiger partial charge on any atom is -0.349 e. The van der Waals surface area contributed by atoms with E-state index in [0.717, 1.165) is 165 Å². The van der Waals surface area contributed by atoms with E-state index in [2.05, 4.69) is 96.5 Å². The largest absolute Gasteiger partial charge is 0.349 e. The maximum absolute atomic E-state index is 13.2. The van der Waals surface area contributed by atoms with Crippen LogP contribution in [0.4, 0.5) is 35.9 Å². The summed E-state index contributed by atoms with van der Waals surface area (Å²) in [5, 5.41) is 24.3. The molecule has 0 radical (unpaired) electrons. The molecule has 0 spiro atoms. The van der Waals surface area contributed by atoms with Crippen LogP contribution in [-0.4, -0.2) is 111 Å². The molecule has 0 aliphatic heterocycles. The fourth-order valence-electron chi connectivity index (χ4n) is 23.6. The van der Waals surface area contributed by atoms with Gasteiger partial charge < -0.3 is 62.5 Å². The van der Waals surface area contributed by atoms with Crippen molar-refractivity contribution in [2.75, 3.05) is 21.3 Å². The number of fused-ring (bicyclic) bond motifs is 6. The Kier molecular flexibility index (Phi) is 29.0. The Bertz CT molecular complexity index is 7520. The number of amides is 8. The molecular weight excluding hydrogens is 1860 g/mol. The Morgan fingerprint density at radius 1 is 0.277 bits per heavy atom. The number of anilines is 4. The van der Waals surface area contributed by atoms with Crippen molar-refractivity contribution in [2.45, 2.75) is 197 Å². The van der Waals surface area contributed by atoms with E-state index in [9.17, 15) is 51.5 Å². The molecule has 752 valence electrons. The van der Waals surface area contributed by atoms with E-state index in [4.69, 9.17) is 4.98 Å². The Labute approximate surface area is 855 Å². The molecule has 4 aromatic heterocycles. The number of carbonyl (C=O) groups excluding carboxylic acids is 8. The van der Waals surface area contributed by atoms with E-state index in [1.807, 2.05) is 127 Å². The highest BCUT2D eigenvalue weighted by Crippen LogP contribution is 2.56. The third-order valence-electron chi connectivity index (χ3n) is 31.2. The first-order valence-electron chi connectivity index (χ1n) is 52.3. The highest BCUT2D eigenvalue weighted by molar-refractivity contribution is 6.09. The fourth-order valence-corrected chi connectivity index (χ4v) is 23.6. The normalized spacial score (nSPS) is 20.2. The number of rotatable bonds is 21. The number of hydrogen-bond donors (Lipinski definition) is 12. The Hall–Kier alpha value is -15.9. The predicted octanol–water partition coefficient (Wildman–Crippen LogP) is 25.8. The van der Waals surface area contributed by atoms with Crippen molar-refractivity contribution >= 4 is 114 Å². The van der Waals surface area contributed by atoms with Crippen LogP contribution in [-0.2, 0) is 0 Å². The summed E-state index contributed by atoms with van der Waals surface area (Å²) in [6.45, 7) is 2.28. The van der Waals surface area contributed by atoms with Crippen LogP contribution in [0.25, 0.3) is 89.7 Å². The first-order chi connectivity index (χ1) is 72.0. The molecule has 9 fully saturated rings. The molecule has 3 atom stereocenters. The average molecular weight is 1980 g/mol. The van der Waals surface area contributed by atoms with Gasteiger partial charge in [0.1, 0.15) is 40.7 Å². The summed E-state index contributed by atoms with van der Waals surface area (Å²) in [6, 6.07) is 77.2. The second-order valence-electron chi connectivity index (χ2n) is 41.9. The van der Waals surface area contributed by atoms with Gasteiger partial charge in [0.2, 0.25) is 0 Å². The number of halogens is 3. The number of nitrogens with one attached hydrogen (secondary N) is 12. The summed E-state index contributed by atoms with van der Waals surface area (Å²) >= 11 is 0. The van der Waals surface area contributed by atoms with E-state index in [1.165, 1.54) is 181 Å². The first kappa shape index (κ1) is 98.1. The van der Waals surface area contributed by atoms with Gasteiger partial charge in [0.25, 0.3) is 47.3 Å². The van der Waals surface area contributed by atoms with Crippen molar-refractivity contribution in [3.8, 4) is 45.6 Å². The van der Waals surface area contributed by atoms with Gasteiger partial charge in [-0.3, -0.25) is 38.4 Å². The van der Waals surface area contributed by atoms with E-state index < -0.39 is 0 Å². The number of carbonyl (C=O) groups is 8. The summed E-state index contributed by atoms with van der Waals surface area (Å²) in [4.78, 5) is 134. The van der Waals surface area contributed by atoms with Gasteiger partial charge in [-0.1, -0.05) is 119 Å². The summed E-state index contributed by atoms with van der Waals surface area (Å²) in [5.41, 5.74) is 17.8. The molecule has 12 aromatic carbocycles. The van der Waals surface area contributed by atoms with Crippen LogP contribution in [0.5, 0.6) is 0 Å². The van der Waals surface area contributed by atoms with Crippen molar-refractivity contribution in [1.82, 2.24) is 61.1 Å². The van der Waals surface area contributed by atoms with Crippen LogP contribution in [0, 0.1) is 53.0 Å². The summed E-state index contributed by atoms with van der Waals surface area (Å²) in [7, 11) is 0. The van der Waals surface area contributed by atoms with Crippen molar-refractivity contribution in [1.29, 1.82) is 0 Å². The zero-order valence-electron chi connectivity index (χ0n) is 82.5. The van der Waals surface area contributed by atoms with Crippen molar-refractivity contribution in [3.05, 3.63) is 334 Å². The molecule has 4 heterocycles. The molecule has 6 bridgehead atoms. The lowest BCUT2D eigenvalue weighted by Crippen LogP contribution is -2.59. The Morgan fingerprint density at radius 3 is 0.885 bits per heavy atom. The minimum absolute atomic E-state index is 0.00998. The molecule has 27 heteroatoms. The van der Waals surface area contributed by atoms with Gasteiger partial charge in [-0.15, -0.1) is 0 Å². The molecule has 9 saturated carbocycles. The Morgan fingerprint density at radius 2 is 0.561 bits per heavy atom. The lowest BCUT2D eigenvalue weighted by molar-refractivity contribution is -0.0167. The van der Waals surface area contributed by atoms with E-state index in [-0.39, 0.29) is 88.4 Å². The topological polar surface area (TPSA) is 348 Å². The molecule has 25 rings (SSSR count). The second kappa shape index (κ2) is 43.8. The van der Waals surface area contributed by atoms with Crippen LogP contribution in [0.15, 0.2) is 267 Å². The fraction of sp³-hybridized carbons (Fsp3) is 0.306. The van der Waals surface area contributed by atoms with Crippen LogP contribution >= 0.6 is 0 Å². The van der Waals surface area contributed by atoms with Crippen LogP contribution in [0.1, 0.15) is 262 Å². The second-order valence-corrected chi connectivity index (χ2v) is 41.9. The van der Waals surface area contributed by atoms with Crippen molar-refractivity contribution < 1.29 is 51.5 Å². The van der Waals surface area contributed by atoms with Crippen molar-refractivity contribution in [3.63, 3.8) is 0 Å². The number of aromatic amines is 4. The molecule has 16 aromatic rings. The number of benzene rings is 12. The van der Waals surface area contributed by atoms with Gasteiger partial charge in [-0.25, -0.2) is 33.1 Å². The van der Waals surface area contributed by atoms with Crippen LogP contribution in [0.3, 0.4) is 0 Å². The third-order valence-corrected chi connectivity index (χ3v) is 31.2. The number of imidazole rings is 4. The molecule has 12 N–H and O–H groups in total. The Balaban J connectivity index is 0.000000116. The molecule has 24 nitrogen and oxygen atoms in total. The molecule has 3 unspecified atom stereocenters. The van der Waals surface area contributed by atoms with Gasteiger partial charge in [0, 0.05) is 113 Å². The highest BCUT2D eigenvalue weighted by Gasteiger charge is 2.52. The van der Waals surface area contributed by atoms with E-state index in [0.29, 0.717) is 90.8 Å². The van der Waals surface area contributed by atoms with Gasteiger partial charge in [0.05, 0.1) is 44.1 Å². The smallest absolute Gasteiger partial charge is 0.255 e. The number of H-pyrrole nitrogens is 4. The quantitative estimate of drug-likeness (QED) is 0.0299. The predicted molar refractivity (Wildman–Crippen MR) is 572 cm³/mol. The minimum atomic E-state index is -0.359. The van der Waals surface area contributed by atoms with Gasteiger partial charge in [-0.2, -0.15) is 0 Å². The van der Waals surface area contributed by atoms with Gasteiger partial charge in [-0.05, 0) is 362 Å². The zero-order valence-corrected chi connectivity index (χ0v) is 82.5. The third kappa shape index (κ3) is 23.4. The lowest BCUT2D eigenvalue weighted by atomic mass is 9.53. The average Bonchev–Trinajstić information content (AvgIpc) is 1.12. The number of hydrogen-bond acceptors (Lipinski definition) is 12. The van der Waals surface area contributed by atoms with Crippen LogP contribution in [0.2, 0.25) is 0 Å². The summed E-state index contributed by atoms with van der Waals surface area (Å²) in [6.07, 6.45) is 30.0. The molecule has 148 heavy (non-hydrogen) atoms. The molecule has 0 saturated heterocycles. The first-order valence-corrected chi connectivity index (χ1v) is 52.3. The summed E-state index contributed by atoms with van der Waals surface area (Å²) < 4.78 is 39.3. The van der Waals surface area contributed by atoms with E-state index in [1.54, 1.807) is 54.6 Å². The molecule has 9 aliphatic rings. The SMILES string of the molecule is CC1CCC(NC(=O)c2ccc3nc(-c4ccc(C(=O)Nc5ccc(C6CC7CCC6C7)cc5)cc4)[nH]c3c2)CC1.O=C(Nc1ccc(F)cc1)c1ccc2nc(-c3ccc(C(=O)NC45CC6CC(CC(C6)C4)C5)cc3)[nH]c2c1.O=C(Nc1ccc(F)cc1)c1ccc2nc(-c3ccc(C(=O)NC4CCCCC4)cc3)[nH]c2c1.O=C(Nc1ccc(F)cc1)c1ccc2nc(-c3ccc(C(=O)NC4CCCCCC4)cc3)[nH]c2c1. The summed E-state index contributed by atoms with van der Waals surface area (Å²) in [5.74, 6) is 6.09. The molecular formula is C121H119F3N16O8. The van der Waals surface area contributed by atoms with E-state index >= 15 is 0 Å². The number of nitrogens with zero attached hydrogens (tertiary/aromatic N) is 4. The molecule has 8 amide bonds. The van der Waals surface area contributed by atoms with Gasteiger partial charge in [0.15, 0.2) is 0 Å². The maximum atomic E-state index is 13.2. The van der Waals surface area contributed by atoms with Crippen molar-refractivity contribution in [2.24, 2.45) is 35.5 Å². The highest BCUT2D eigenvalue weighted by atomic mass is 19.1. The monoisotopic (exact) mass is 1980 g/mol. The zero-order chi connectivity index (χ0) is 101.